The van der Waals surface area contributed by atoms with E-state index in [2.05, 4.69) is 0 Å². The van der Waals surface area contributed by atoms with Crippen molar-refractivity contribution in [3.05, 3.63) is 12.3 Å². The number of aliphatic hydroxyl groups is 1. The van der Waals surface area contributed by atoms with Crippen LogP contribution in [-0.2, 0) is 4.79 Å². The molecule has 0 aliphatic heterocycles. The molecule has 1 atom stereocenters. The van der Waals surface area contributed by atoms with Crippen LogP contribution in [0.25, 0.3) is 0 Å². The lowest BCUT2D eigenvalue weighted by Gasteiger charge is -2.20. The molecule has 0 fully saturated rings. The zero-order valence-electron chi connectivity index (χ0n) is 8.10. The molecule has 0 aromatic heterocycles. The summed E-state index contributed by atoms with van der Waals surface area (Å²) < 4.78 is 0. The van der Waals surface area contributed by atoms with Gasteiger partial charge in [0.05, 0.1) is 6.61 Å². The van der Waals surface area contributed by atoms with Crippen molar-refractivity contribution >= 4 is 5.97 Å². The molecule has 0 bridgehead atoms. The lowest BCUT2D eigenvalue weighted by atomic mass is 10.3. The number of aliphatic hydroxyl groups excluding tert-OH is 1. The summed E-state index contributed by atoms with van der Waals surface area (Å²) in [7, 11) is 1.64. The van der Waals surface area contributed by atoms with Crippen LogP contribution in [0.5, 0.6) is 0 Å². The van der Waals surface area contributed by atoms with E-state index in [4.69, 9.17) is 10.2 Å². The summed E-state index contributed by atoms with van der Waals surface area (Å²) in [5.41, 5.74) is 0. The third kappa shape index (κ3) is 4.52. The monoisotopic (exact) mass is 187 g/mol. The van der Waals surface area contributed by atoms with Gasteiger partial charge in [-0.2, -0.15) is 0 Å². The third-order valence-corrected chi connectivity index (χ3v) is 1.75. The normalized spacial score (nSPS) is 13.2. The SMILES string of the molecule is CCCC=CN(C)[C@@H](CO)C(=O)O. The Morgan fingerprint density at radius 1 is 1.62 bits per heavy atom. The number of rotatable bonds is 6. The van der Waals surface area contributed by atoms with E-state index in [0.29, 0.717) is 0 Å². The van der Waals surface area contributed by atoms with Gasteiger partial charge in [-0.05, 0) is 12.6 Å². The average molecular weight is 187 g/mol. The maximum atomic E-state index is 10.6. The molecule has 0 heterocycles. The Morgan fingerprint density at radius 2 is 2.23 bits per heavy atom. The molecule has 0 aromatic carbocycles. The first-order valence-electron chi connectivity index (χ1n) is 4.35. The molecular weight excluding hydrogens is 170 g/mol. The molecule has 0 aliphatic carbocycles. The van der Waals surface area contributed by atoms with Gasteiger partial charge in [-0.25, -0.2) is 4.79 Å². The van der Waals surface area contributed by atoms with Crippen molar-refractivity contribution in [3.63, 3.8) is 0 Å². The van der Waals surface area contributed by atoms with Crippen LogP contribution in [0, 0.1) is 0 Å². The number of unbranched alkanes of at least 4 members (excludes halogenated alkanes) is 1. The van der Waals surface area contributed by atoms with Gasteiger partial charge in [0.15, 0.2) is 0 Å². The Morgan fingerprint density at radius 3 is 2.62 bits per heavy atom. The van der Waals surface area contributed by atoms with Gasteiger partial charge in [-0.15, -0.1) is 0 Å². The first-order chi connectivity index (χ1) is 6.13. The molecule has 0 saturated carbocycles. The Hall–Kier alpha value is -1.03. The molecule has 4 nitrogen and oxygen atoms in total. The molecule has 2 N–H and O–H groups in total. The summed E-state index contributed by atoms with van der Waals surface area (Å²) in [6.45, 7) is 1.67. The molecular formula is C9H17NO3. The minimum atomic E-state index is -1.01. The van der Waals surface area contributed by atoms with Gasteiger partial charge in [0.2, 0.25) is 0 Å². The van der Waals surface area contributed by atoms with Gasteiger partial charge >= 0.3 is 5.97 Å². The standard InChI is InChI=1S/C9H17NO3/c1-3-4-5-6-10(2)8(7-11)9(12)13/h5-6,8,11H,3-4,7H2,1-2H3,(H,12,13)/t8-/m0/s1. The molecule has 0 radical (unpaired) electrons. The zero-order chi connectivity index (χ0) is 10.3. The number of hydrogen-bond acceptors (Lipinski definition) is 3. The third-order valence-electron chi connectivity index (χ3n) is 1.75. The summed E-state index contributed by atoms with van der Waals surface area (Å²) in [5, 5.41) is 17.4. The van der Waals surface area contributed by atoms with Gasteiger partial charge in [0, 0.05) is 7.05 Å². The van der Waals surface area contributed by atoms with Crippen molar-refractivity contribution in [3.8, 4) is 0 Å². The van der Waals surface area contributed by atoms with Crippen LogP contribution >= 0.6 is 0 Å². The summed E-state index contributed by atoms with van der Waals surface area (Å²) >= 11 is 0. The van der Waals surface area contributed by atoms with E-state index < -0.39 is 12.0 Å². The minimum Gasteiger partial charge on any atom is -0.480 e. The van der Waals surface area contributed by atoms with Gasteiger partial charge in [0.1, 0.15) is 6.04 Å². The van der Waals surface area contributed by atoms with Crippen molar-refractivity contribution in [2.45, 2.75) is 25.8 Å². The number of likely N-dealkylation sites (N-methyl/N-ethyl adjacent to an activating group) is 1. The van der Waals surface area contributed by atoms with Crippen LogP contribution in [0.4, 0.5) is 0 Å². The Bertz CT molecular complexity index is 180. The maximum Gasteiger partial charge on any atom is 0.328 e. The van der Waals surface area contributed by atoms with Crippen LogP contribution in [0.2, 0.25) is 0 Å². The molecule has 76 valence electrons. The molecule has 0 amide bonds. The van der Waals surface area contributed by atoms with E-state index in [1.54, 1.807) is 13.2 Å². The van der Waals surface area contributed by atoms with Crippen molar-refractivity contribution in [1.29, 1.82) is 0 Å². The number of carboxylic acid groups (broad SMARTS) is 1. The van der Waals surface area contributed by atoms with E-state index in [1.807, 2.05) is 13.0 Å². The number of allylic oxidation sites excluding steroid dienone is 1. The summed E-state index contributed by atoms with van der Waals surface area (Å²) in [6, 6.07) is -0.840. The van der Waals surface area contributed by atoms with E-state index in [0.717, 1.165) is 12.8 Å². The van der Waals surface area contributed by atoms with Crippen LogP contribution in [0.1, 0.15) is 19.8 Å². The first kappa shape index (κ1) is 12.0. The highest BCUT2D eigenvalue weighted by Gasteiger charge is 2.18. The smallest absolute Gasteiger partial charge is 0.328 e. The highest BCUT2D eigenvalue weighted by molar-refractivity contribution is 5.73. The number of hydrogen-bond donors (Lipinski definition) is 2. The number of aliphatic carboxylic acids is 1. The first-order valence-corrected chi connectivity index (χ1v) is 4.35. The minimum absolute atomic E-state index is 0.373. The zero-order valence-corrected chi connectivity index (χ0v) is 8.10. The van der Waals surface area contributed by atoms with Gasteiger partial charge in [-0.1, -0.05) is 19.4 Å². The fourth-order valence-corrected chi connectivity index (χ4v) is 0.892. The molecule has 0 aromatic rings. The predicted molar refractivity (Wildman–Crippen MR) is 50.3 cm³/mol. The molecule has 0 unspecified atom stereocenters. The van der Waals surface area contributed by atoms with Gasteiger partial charge < -0.3 is 15.1 Å². The highest BCUT2D eigenvalue weighted by Crippen LogP contribution is 1.98. The lowest BCUT2D eigenvalue weighted by Crippen LogP contribution is -2.37. The topological polar surface area (TPSA) is 60.8 Å². The summed E-state index contributed by atoms with van der Waals surface area (Å²) in [5.74, 6) is -1.01. The number of carbonyl (C=O) groups is 1. The summed E-state index contributed by atoms with van der Waals surface area (Å²) in [6.07, 6.45) is 5.54. The second-order valence-corrected chi connectivity index (χ2v) is 2.88. The Labute approximate surface area is 78.5 Å². The van der Waals surface area contributed by atoms with Crippen molar-refractivity contribution in [2.24, 2.45) is 0 Å². The molecule has 0 rings (SSSR count). The fourth-order valence-electron chi connectivity index (χ4n) is 0.892. The Balaban J connectivity index is 4.05. The number of carboxylic acids is 1. The van der Waals surface area contributed by atoms with E-state index >= 15 is 0 Å². The maximum absolute atomic E-state index is 10.6. The van der Waals surface area contributed by atoms with Crippen LogP contribution in [0.15, 0.2) is 12.3 Å². The van der Waals surface area contributed by atoms with Gasteiger partial charge in [0.25, 0.3) is 0 Å². The second kappa shape index (κ2) is 6.48. The second-order valence-electron chi connectivity index (χ2n) is 2.88. The Kier molecular flexibility index (Phi) is 5.97. The molecule has 0 spiro atoms. The van der Waals surface area contributed by atoms with E-state index in [-0.39, 0.29) is 6.61 Å². The highest BCUT2D eigenvalue weighted by atomic mass is 16.4. The van der Waals surface area contributed by atoms with Crippen LogP contribution < -0.4 is 0 Å². The molecule has 0 saturated heterocycles. The van der Waals surface area contributed by atoms with Crippen molar-refractivity contribution in [2.75, 3.05) is 13.7 Å². The largest absolute Gasteiger partial charge is 0.480 e. The molecule has 4 heteroatoms. The van der Waals surface area contributed by atoms with Crippen molar-refractivity contribution < 1.29 is 15.0 Å². The molecule has 0 aliphatic rings. The van der Waals surface area contributed by atoms with Crippen LogP contribution in [-0.4, -0.2) is 40.8 Å². The van der Waals surface area contributed by atoms with Crippen molar-refractivity contribution in [1.82, 2.24) is 4.90 Å². The average Bonchev–Trinajstić information content (AvgIpc) is 2.05. The van der Waals surface area contributed by atoms with Gasteiger partial charge in [-0.3, -0.25) is 0 Å². The quantitative estimate of drug-likeness (QED) is 0.642. The molecule has 13 heavy (non-hydrogen) atoms. The van der Waals surface area contributed by atoms with Crippen LogP contribution in [0.3, 0.4) is 0 Å². The summed E-state index contributed by atoms with van der Waals surface area (Å²) in [4.78, 5) is 12.1. The van der Waals surface area contributed by atoms with E-state index in [9.17, 15) is 4.79 Å². The lowest BCUT2D eigenvalue weighted by molar-refractivity contribution is -0.143. The fraction of sp³-hybridized carbons (Fsp3) is 0.667. The van der Waals surface area contributed by atoms with E-state index in [1.165, 1.54) is 4.90 Å². The predicted octanol–water partition coefficient (Wildman–Crippen LogP) is 0.677. The number of nitrogens with zero attached hydrogens (tertiary/aromatic N) is 1.